The molecule has 1 saturated carbocycles. The van der Waals surface area contributed by atoms with Gasteiger partial charge in [-0.05, 0) is 31.0 Å². The van der Waals surface area contributed by atoms with Gasteiger partial charge in [0.15, 0.2) is 0 Å². The molecule has 4 N–H and O–H groups in total. The average molecular weight is 302 g/mol. The highest BCUT2D eigenvalue weighted by Gasteiger charge is 2.36. The van der Waals surface area contributed by atoms with E-state index >= 15 is 0 Å². The first-order valence-corrected chi connectivity index (χ1v) is 8.07. The number of hydrogen-bond donors (Lipinski definition) is 3. The Balaban J connectivity index is 2.32. The molecule has 20 heavy (non-hydrogen) atoms. The molecule has 2 rings (SSSR count). The van der Waals surface area contributed by atoms with Gasteiger partial charge in [-0.15, -0.1) is 0 Å². The Bertz CT molecular complexity index is 583. The van der Waals surface area contributed by atoms with E-state index in [2.05, 4.69) is 4.72 Å². The summed E-state index contributed by atoms with van der Waals surface area (Å²) < 4.78 is 40.8. The lowest BCUT2D eigenvalue weighted by Crippen LogP contribution is -2.52. The Hall–Kier alpha value is -1.18. The van der Waals surface area contributed by atoms with Gasteiger partial charge < -0.3 is 10.8 Å². The van der Waals surface area contributed by atoms with Crippen LogP contribution in [0.3, 0.4) is 0 Å². The van der Waals surface area contributed by atoms with Crippen molar-refractivity contribution in [3.8, 4) is 0 Å². The highest BCUT2D eigenvalue weighted by Crippen LogP contribution is 2.30. The second-order valence-corrected chi connectivity index (χ2v) is 6.95. The molecule has 1 aliphatic rings. The fraction of sp³-hybridized carbons (Fsp3) is 0.538. The minimum Gasteiger partial charge on any atom is -0.399 e. The largest absolute Gasteiger partial charge is 0.399 e. The van der Waals surface area contributed by atoms with Gasteiger partial charge in [0.05, 0.1) is 12.1 Å². The van der Waals surface area contributed by atoms with Crippen molar-refractivity contribution in [1.82, 2.24) is 4.72 Å². The monoisotopic (exact) mass is 302 g/mol. The van der Waals surface area contributed by atoms with Crippen LogP contribution < -0.4 is 10.5 Å². The van der Waals surface area contributed by atoms with Crippen LogP contribution in [0.5, 0.6) is 0 Å². The lowest BCUT2D eigenvalue weighted by atomic mass is 9.83. The third-order valence-electron chi connectivity index (χ3n) is 3.71. The van der Waals surface area contributed by atoms with Crippen molar-refractivity contribution >= 4 is 15.7 Å². The van der Waals surface area contributed by atoms with Crippen molar-refractivity contribution in [3.63, 3.8) is 0 Å². The molecule has 0 atom stereocenters. The molecule has 0 amide bonds. The highest BCUT2D eigenvalue weighted by molar-refractivity contribution is 7.89. The first-order chi connectivity index (χ1) is 9.38. The zero-order valence-electron chi connectivity index (χ0n) is 11.1. The predicted molar refractivity (Wildman–Crippen MR) is 74.0 cm³/mol. The molecule has 0 aromatic heterocycles. The van der Waals surface area contributed by atoms with Gasteiger partial charge in [-0.1, -0.05) is 19.3 Å². The van der Waals surface area contributed by atoms with E-state index in [1.54, 1.807) is 0 Å². The van der Waals surface area contributed by atoms with Crippen molar-refractivity contribution in [3.05, 3.63) is 24.0 Å². The number of benzene rings is 1. The Labute approximate surface area is 118 Å². The van der Waals surface area contributed by atoms with Crippen LogP contribution in [0.1, 0.15) is 32.1 Å². The molecule has 112 valence electrons. The highest BCUT2D eigenvalue weighted by atomic mass is 32.2. The van der Waals surface area contributed by atoms with Gasteiger partial charge in [0.2, 0.25) is 10.0 Å². The third-order valence-corrected chi connectivity index (χ3v) is 5.30. The zero-order valence-corrected chi connectivity index (χ0v) is 11.9. The topological polar surface area (TPSA) is 92.4 Å². The van der Waals surface area contributed by atoms with Crippen molar-refractivity contribution in [2.24, 2.45) is 0 Å². The van der Waals surface area contributed by atoms with Gasteiger partial charge in [0.1, 0.15) is 10.7 Å². The molecule has 1 fully saturated rings. The molecule has 7 heteroatoms. The summed E-state index contributed by atoms with van der Waals surface area (Å²) in [6.45, 7) is -0.295. The number of nitrogen functional groups attached to an aromatic ring is 1. The van der Waals surface area contributed by atoms with Crippen LogP contribution in [0.15, 0.2) is 23.1 Å². The molecule has 0 aliphatic heterocycles. The molecule has 0 unspecified atom stereocenters. The molecule has 0 radical (unpaired) electrons. The van der Waals surface area contributed by atoms with Crippen molar-refractivity contribution in [2.45, 2.75) is 42.5 Å². The molecular weight excluding hydrogens is 283 g/mol. The summed E-state index contributed by atoms with van der Waals surface area (Å²) in [5.41, 5.74) is 4.79. The average Bonchev–Trinajstić information content (AvgIpc) is 2.42. The Morgan fingerprint density at radius 2 is 1.95 bits per heavy atom. The fourth-order valence-corrected chi connectivity index (χ4v) is 4.15. The Morgan fingerprint density at radius 3 is 2.55 bits per heavy atom. The lowest BCUT2D eigenvalue weighted by Gasteiger charge is -2.36. The summed E-state index contributed by atoms with van der Waals surface area (Å²) in [4.78, 5) is -0.476. The van der Waals surface area contributed by atoms with E-state index < -0.39 is 26.3 Å². The van der Waals surface area contributed by atoms with E-state index in [-0.39, 0.29) is 12.3 Å². The van der Waals surface area contributed by atoms with Gasteiger partial charge in [-0.2, -0.15) is 0 Å². The van der Waals surface area contributed by atoms with E-state index in [4.69, 9.17) is 5.73 Å². The molecule has 0 spiro atoms. The van der Waals surface area contributed by atoms with Crippen LogP contribution in [0.4, 0.5) is 10.1 Å². The first kappa shape index (κ1) is 15.2. The van der Waals surface area contributed by atoms with E-state index in [9.17, 15) is 17.9 Å². The van der Waals surface area contributed by atoms with E-state index in [1.807, 2.05) is 0 Å². The molecule has 5 nitrogen and oxygen atoms in total. The van der Waals surface area contributed by atoms with Crippen molar-refractivity contribution in [1.29, 1.82) is 0 Å². The van der Waals surface area contributed by atoms with Gasteiger partial charge >= 0.3 is 0 Å². The smallest absolute Gasteiger partial charge is 0.244 e. The second-order valence-electron chi connectivity index (χ2n) is 5.29. The number of aliphatic hydroxyl groups excluding tert-OH is 1. The minimum atomic E-state index is -4.05. The molecule has 0 heterocycles. The summed E-state index contributed by atoms with van der Waals surface area (Å²) in [5, 5.41) is 9.53. The standard InChI is InChI=1S/C13H19FN2O3S/c14-11-5-4-10(15)8-12(11)20(18,19)16-13(9-17)6-2-1-3-7-13/h4-5,8,16-17H,1-3,6-7,9,15H2. The number of aliphatic hydroxyl groups is 1. The maximum absolute atomic E-state index is 13.7. The number of anilines is 1. The van der Waals surface area contributed by atoms with Crippen LogP contribution >= 0.6 is 0 Å². The van der Waals surface area contributed by atoms with Crippen LogP contribution in [0.2, 0.25) is 0 Å². The Morgan fingerprint density at radius 1 is 1.30 bits per heavy atom. The fourth-order valence-electron chi connectivity index (χ4n) is 2.59. The number of halogens is 1. The van der Waals surface area contributed by atoms with E-state index in [1.165, 1.54) is 6.07 Å². The summed E-state index contributed by atoms with van der Waals surface area (Å²) >= 11 is 0. The molecule has 0 bridgehead atoms. The lowest BCUT2D eigenvalue weighted by molar-refractivity contribution is 0.142. The third kappa shape index (κ3) is 3.11. The predicted octanol–water partition coefficient (Wildman–Crippen LogP) is 1.38. The molecular formula is C13H19FN2O3S. The van der Waals surface area contributed by atoms with Crippen LogP contribution in [0.25, 0.3) is 0 Å². The SMILES string of the molecule is Nc1ccc(F)c(S(=O)(=O)NC2(CO)CCCCC2)c1. The van der Waals surface area contributed by atoms with Gasteiger partial charge in [0, 0.05) is 5.69 Å². The molecule has 1 aromatic carbocycles. The van der Waals surface area contributed by atoms with Crippen LogP contribution in [-0.2, 0) is 10.0 Å². The van der Waals surface area contributed by atoms with Crippen LogP contribution in [-0.4, -0.2) is 25.7 Å². The maximum atomic E-state index is 13.7. The minimum absolute atomic E-state index is 0.175. The number of nitrogens with two attached hydrogens (primary N) is 1. The van der Waals surface area contributed by atoms with Gasteiger partial charge in [-0.3, -0.25) is 0 Å². The van der Waals surface area contributed by atoms with E-state index in [0.29, 0.717) is 12.8 Å². The van der Waals surface area contributed by atoms with Crippen molar-refractivity contribution in [2.75, 3.05) is 12.3 Å². The number of rotatable bonds is 4. The first-order valence-electron chi connectivity index (χ1n) is 6.58. The number of hydrogen-bond acceptors (Lipinski definition) is 4. The Kier molecular flexibility index (Phi) is 4.31. The normalized spacial score (nSPS) is 18.9. The summed E-state index contributed by atoms with van der Waals surface area (Å²) in [6.07, 6.45) is 3.78. The van der Waals surface area contributed by atoms with Gasteiger partial charge in [-0.25, -0.2) is 17.5 Å². The zero-order chi connectivity index (χ0) is 14.8. The quantitative estimate of drug-likeness (QED) is 0.733. The number of sulfonamides is 1. The van der Waals surface area contributed by atoms with Crippen molar-refractivity contribution < 1.29 is 17.9 Å². The van der Waals surface area contributed by atoms with Crippen LogP contribution in [0, 0.1) is 5.82 Å². The maximum Gasteiger partial charge on any atom is 0.244 e. The summed E-state index contributed by atoms with van der Waals surface area (Å²) in [6, 6.07) is 3.42. The second kappa shape index (κ2) is 5.67. The molecule has 1 aromatic rings. The summed E-state index contributed by atoms with van der Waals surface area (Å²) in [7, 11) is -4.05. The van der Waals surface area contributed by atoms with Gasteiger partial charge in [0.25, 0.3) is 0 Å². The van der Waals surface area contributed by atoms with E-state index in [0.717, 1.165) is 31.4 Å². The number of nitrogens with one attached hydrogen (secondary N) is 1. The molecule has 0 saturated heterocycles. The molecule has 1 aliphatic carbocycles. The summed E-state index contributed by atoms with van der Waals surface area (Å²) in [5.74, 6) is -0.851.